The van der Waals surface area contributed by atoms with Crippen LogP contribution in [-0.4, -0.2) is 5.91 Å². The molecular formula is C21H23NO. The number of carbonyl (C=O) groups excluding carboxylic acids is 1. The molecule has 2 heteroatoms. The number of allylic oxidation sites excluding steroid dienone is 2. The monoisotopic (exact) mass is 305 g/mol. The first kappa shape index (κ1) is 15.5. The van der Waals surface area contributed by atoms with Gasteiger partial charge in [0.05, 0.1) is 6.04 Å². The average molecular weight is 305 g/mol. The first-order valence-electron chi connectivity index (χ1n) is 8.36. The predicted octanol–water partition coefficient (Wildman–Crippen LogP) is 4.44. The van der Waals surface area contributed by atoms with Crippen molar-refractivity contribution in [2.24, 2.45) is 5.92 Å². The predicted molar refractivity (Wildman–Crippen MR) is 94.0 cm³/mol. The Bertz CT molecular complexity index is 648. The molecule has 0 saturated carbocycles. The molecule has 0 aliphatic heterocycles. The highest BCUT2D eigenvalue weighted by atomic mass is 16.1. The van der Waals surface area contributed by atoms with Gasteiger partial charge >= 0.3 is 0 Å². The minimum atomic E-state index is 0.0245. The third-order valence-corrected chi connectivity index (χ3v) is 4.38. The van der Waals surface area contributed by atoms with Gasteiger partial charge in [-0.3, -0.25) is 4.79 Å². The molecule has 1 N–H and O–H groups in total. The zero-order valence-electron chi connectivity index (χ0n) is 13.3. The Morgan fingerprint density at radius 2 is 1.74 bits per heavy atom. The lowest BCUT2D eigenvalue weighted by atomic mass is 9.98. The van der Waals surface area contributed by atoms with Gasteiger partial charge < -0.3 is 5.32 Å². The van der Waals surface area contributed by atoms with Gasteiger partial charge in [0.1, 0.15) is 0 Å². The Kier molecular flexibility index (Phi) is 5.25. The summed E-state index contributed by atoms with van der Waals surface area (Å²) in [7, 11) is 0. The number of amides is 1. The Labute approximate surface area is 138 Å². The summed E-state index contributed by atoms with van der Waals surface area (Å²) in [6, 6.07) is 20.6. The van der Waals surface area contributed by atoms with Crippen LogP contribution in [0.5, 0.6) is 0 Å². The molecule has 0 unspecified atom stereocenters. The number of carbonyl (C=O) groups is 1. The van der Waals surface area contributed by atoms with Gasteiger partial charge in [0.15, 0.2) is 0 Å². The van der Waals surface area contributed by atoms with Crippen LogP contribution in [0.2, 0.25) is 0 Å². The third-order valence-electron chi connectivity index (χ3n) is 4.38. The quantitative estimate of drug-likeness (QED) is 0.785. The highest BCUT2D eigenvalue weighted by Gasteiger charge is 2.18. The van der Waals surface area contributed by atoms with Crippen molar-refractivity contribution in [2.45, 2.75) is 31.7 Å². The summed E-state index contributed by atoms with van der Waals surface area (Å²) in [5.41, 5.74) is 2.40. The van der Waals surface area contributed by atoms with Crippen LogP contribution in [-0.2, 0) is 11.2 Å². The lowest BCUT2D eigenvalue weighted by Crippen LogP contribution is -2.30. The second-order valence-electron chi connectivity index (χ2n) is 6.19. The number of hydrogen-bond donors (Lipinski definition) is 1. The summed E-state index contributed by atoms with van der Waals surface area (Å²) in [6.45, 7) is 0. The van der Waals surface area contributed by atoms with Crippen molar-refractivity contribution in [3.63, 3.8) is 0 Å². The van der Waals surface area contributed by atoms with E-state index >= 15 is 0 Å². The Morgan fingerprint density at radius 3 is 2.39 bits per heavy atom. The van der Waals surface area contributed by atoms with Crippen LogP contribution in [0.15, 0.2) is 72.8 Å². The van der Waals surface area contributed by atoms with E-state index in [0.717, 1.165) is 24.8 Å². The highest BCUT2D eigenvalue weighted by molar-refractivity contribution is 5.77. The molecule has 0 heterocycles. The number of nitrogens with one attached hydrogen (secondary N) is 1. The lowest BCUT2D eigenvalue weighted by molar-refractivity contribution is -0.122. The van der Waals surface area contributed by atoms with Crippen molar-refractivity contribution in [2.75, 3.05) is 0 Å². The van der Waals surface area contributed by atoms with E-state index in [2.05, 4.69) is 41.7 Å². The summed E-state index contributed by atoms with van der Waals surface area (Å²) in [6.07, 6.45) is 7.96. The first-order chi connectivity index (χ1) is 11.3. The van der Waals surface area contributed by atoms with Crippen LogP contribution in [0, 0.1) is 5.92 Å². The molecule has 3 rings (SSSR count). The first-order valence-corrected chi connectivity index (χ1v) is 8.36. The molecule has 0 spiro atoms. The van der Waals surface area contributed by atoms with E-state index in [1.54, 1.807) is 0 Å². The summed E-state index contributed by atoms with van der Waals surface area (Å²) in [5.74, 6) is 0.550. The van der Waals surface area contributed by atoms with Gasteiger partial charge in [-0.25, -0.2) is 0 Å². The van der Waals surface area contributed by atoms with Crippen molar-refractivity contribution < 1.29 is 4.79 Å². The van der Waals surface area contributed by atoms with Crippen LogP contribution in [0.1, 0.15) is 36.4 Å². The molecule has 1 amide bonds. The Hall–Kier alpha value is -2.35. The fourth-order valence-electron chi connectivity index (χ4n) is 3.14. The minimum absolute atomic E-state index is 0.0245. The Morgan fingerprint density at radius 1 is 1.04 bits per heavy atom. The molecule has 0 saturated heterocycles. The molecule has 118 valence electrons. The van der Waals surface area contributed by atoms with Gasteiger partial charge in [-0.05, 0) is 36.3 Å². The fourth-order valence-corrected chi connectivity index (χ4v) is 3.14. The van der Waals surface area contributed by atoms with E-state index in [1.807, 2.05) is 36.4 Å². The van der Waals surface area contributed by atoms with E-state index in [1.165, 1.54) is 5.56 Å². The number of benzene rings is 2. The van der Waals surface area contributed by atoms with Crippen molar-refractivity contribution in [1.82, 2.24) is 5.32 Å². The molecule has 1 aliphatic rings. The summed E-state index contributed by atoms with van der Waals surface area (Å²) >= 11 is 0. The second kappa shape index (κ2) is 7.77. The third kappa shape index (κ3) is 4.56. The van der Waals surface area contributed by atoms with Gasteiger partial charge in [0, 0.05) is 6.42 Å². The lowest BCUT2D eigenvalue weighted by Gasteiger charge is -2.20. The topological polar surface area (TPSA) is 29.1 Å². The van der Waals surface area contributed by atoms with Crippen LogP contribution >= 0.6 is 0 Å². The molecule has 2 aromatic rings. The van der Waals surface area contributed by atoms with Gasteiger partial charge in [0.25, 0.3) is 0 Å². The van der Waals surface area contributed by atoms with Crippen LogP contribution in [0.4, 0.5) is 0 Å². The van der Waals surface area contributed by atoms with Crippen LogP contribution in [0.3, 0.4) is 0 Å². The van der Waals surface area contributed by atoms with Gasteiger partial charge in [0.2, 0.25) is 5.91 Å². The standard InChI is InChI=1S/C21H23NO/c23-21(16-18-11-7-8-12-18)22-20(19-13-5-2-6-14-19)15-17-9-3-1-4-10-17/h1-7,9-11,13-14,18,20H,8,12,15-16H2,(H,22,23)/t18-,20+/m0/s1. The number of rotatable bonds is 6. The maximum Gasteiger partial charge on any atom is 0.221 e. The van der Waals surface area contributed by atoms with Crippen molar-refractivity contribution in [3.8, 4) is 0 Å². The molecule has 2 nitrogen and oxygen atoms in total. The van der Waals surface area contributed by atoms with Gasteiger partial charge in [-0.2, -0.15) is 0 Å². The zero-order valence-corrected chi connectivity index (χ0v) is 13.3. The maximum absolute atomic E-state index is 12.4. The van der Waals surface area contributed by atoms with Crippen LogP contribution in [0.25, 0.3) is 0 Å². The Balaban J connectivity index is 1.69. The van der Waals surface area contributed by atoms with E-state index in [9.17, 15) is 4.79 Å². The molecule has 0 radical (unpaired) electrons. The van der Waals surface area contributed by atoms with E-state index in [0.29, 0.717) is 12.3 Å². The van der Waals surface area contributed by atoms with E-state index in [-0.39, 0.29) is 11.9 Å². The summed E-state index contributed by atoms with van der Waals surface area (Å²) in [4.78, 5) is 12.4. The summed E-state index contributed by atoms with van der Waals surface area (Å²) < 4.78 is 0. The SMILES string of the molecule is O=C(C[C@H]1C=CCC1)N[C@H](Cc1ccccc1)c1ccccc1. The number of hydrogen-bond acceptors (Lipinski definition) is 1. The second-order valence-corrected chi connectivity index (χ2v) is 6.19. The molecule has 0 fully saturated rings. The molecule has 2 atom stereocenters. The van der Waals surface area contributed by atoms with Crippen LogP contribution < -0.4 is 5.32 Å². The minimum Gasteiger partial charge on any atom is -0.349 e. The largest absolute Gasteiger partial charge is 0.349 e. The van der Waals surface area contributed by atoms with Crippen molar-refractivity contribution in [1.29, 1.82) is 0 Å². The molecule has 1 aliphatic carbocycles. The van der Waals surface area contributed by atoms with Gasteiger partial charge in [-0.1, -0.05) is 72.8 Å². The molecule has 0 bridgehead atoms. The smallest absolute Gasteiger partial charge is 0.221 e. The normalized spacial score (nSPS) is 17.8. The van der Waals surface area contributed by atoms with Crippen molar-refractivity contribution in [3.05, 3.63) is 83.9 Å². The molecular weight excluding hydrogens is 282 g/mol. The molecule has 2 aromatic carbocycles. The maximum atomic E-state index is 12.4. The van der Waals surface area contributed by atoms with Crippen molar-refractivity contribution >= 4 is 5.91 Å². The van der Waals surface area contributed by atoms with E-state index in [4.69, 9.17) is 0 Å². The zero-order chi connectivity index (χ0) is 15.9. The molecule has 0 aromatic heterocycles. The summed E-state index contributed by atoms with van der Waals surface area (Å²) in [5, 5.41) is 3.24. The average Bonchev–Trinajstić information content (AvgIpc) is 3.09. The van der Waals surface area contributed by atoms with E-state index < -0.39 is 0 Å². The fraction of sp³-hybridized carbons (Fsp3) is 0.286. The highest BCUT2D eigenvalue weighted by Crippen LogP contribution is 2.22. The van der Waals surface area contributed by atoms with Gasteiger partial charge in [-0.15, -0.1) is 0 Å². The molecule has 23 heavy (non-hydrogen) atoms.